The van der Waals surface area contributed by atoms with Crippen LogP contribution in [0.3, 0.4) is 0 Å². The van der Waals surface area contributed by atoms with E-state index < -0.39 is 16.1 Å². The Morgan fingerprint density at radius 1 is 1.08 bits per heavy atom. The van der Waals surface area contributed by atoms with Gasteiger partial charge in [0.15, 0.2) is 0 Å². The first-order valence-corrected chi connectivity index (χ1v) is 14.7. The lowest BCUT2D eigenvalue weighted by molar-refractivity contribution is -0.140. The second-order valence-corrected chi connectivity index (χ2v) is 11.3. The van der Waals surface area contributed by atoms with Crippen molar-refractivity contribution >= 4 is 39.1 Å². The van der Waals surface area contributed by atoms with Gasteiger partial charge in [-0.15, -0.1) is 0 Å². The van der Waals surface area contributed by atoms with Gasteiger partial charge in [-0.05, 0) is 63.4 Å². The van der Waals surface area contributed by atoms with E-state index in [4.69, 9.17) is 16.3 Å². The Balaban J connectivity index is 2.21. The van der Waals surface area contributed by atoms with Crippen molar-refractivity contribution < 1.29 is 22.7 Å². The third kappa shape index (κ3) is 9.23. The van der Waals surface area contributed by atoms with Crippen LogP contribution in [0.1, 0.15) is 52.5 Å². The van der Waals surface area contributed by atoms with Gasteiger partial charge >= 0.3 is 0 Å². The number of hydrogen-bond donors (Lipinski definition) is 1. The molecule has 8 nitrogen and oxygen atoms in total. The number of nitrogens with zero attached hydrogens (tertiary/aromatic N) is 2. The first-order valence-electron chi connectivity index (χ1n) is 12.5. The maximum atomic E-state index is 13.4. The molecule has 0 aromatic heterocycles. The fourth-order valence-electron chi connectivity index (χ4n) is 3.80. The largest absolute Gasteiger partial charge is 0.492 e. The summed E-state index contributed by atoms with van der Waals surface area (Å²) in [4.78, 5) is 27.8. The predicted octanol–water partition coefficient (Wildman–Crippen LogP) is 4.62. The fourth-order valence-corrected chi connectivity index (χ4v) is 4.99. The number of sulfonamides is 1. The van der Waals surface area contributed by atoms with Crippen molar-refractivity contribution in [3.8, 4) is 5.75 Å². The van der Waals surface area contributed by atoms with Gasteiger partial charge in [-0.2, -0.15) is 0 Å². The number of carbonyl (C=O) groups excluding carboxylic acids is 2. The summed E-state index contributed by atoms with van der Waals surface area (Å²) < 4.78 is 32.1. The number of hydrogen-bond acceptors (Lipinski definition) is 5. The highest BCUT2D eigenvalue weighted by molar-refractivity contribution is 7.92. The monoisotopic (exact) mass is 551 g/mol. The Labute approximate surface area is 226 Å². The van der Waals surface area contributed by atoms with Crippen LogP contribution in [0.15, 0.2) is 48.5 Å². The Morgan fingerprint density at radius 2 is 1.78 bits per heavy atom. The second-order valence-electron chi connectivity index (χ2n) is 8.98. The van der Waals surface area contributed by atoms with Gasteiger partial charge in [0.05, 0.1) is 18.6 Å². The van der Waals surface area contributed by atoms with Gasteiger partial charge in [0.2, 0.25) is 21.8 Å². The van der Waals surface area contributed by atoms with E-state index in [9.17, 15) is 18.0 Å². The van der Waals surface area contributed by atoms with Gasteiger partial charge < -0.3 is 15.0 Å². The molecule has 10 heteroatoms. The van der Waals surface area contributed by atoms with Crippen molar-refractivity contribution in [3.05, 3.63) is 59.1 Å². The molecule has 0 bridgehead atoms. The molecule has 0 saturated heterocycles. The average Bonchev–Trinajstić information content (AvgIpc) is 2.84. The van der Waals surface area contributed by atoms with Crippen LogP contribution in [0.5, 0.6) is 5.75 Å². The summed E-state index contributed by atoms with van der Waals surface area (Å²) in [7, 11) is -3.63. The third-order valence-electron chi connectivity index (χ3n) is 6.00. The maximum absolute atomic E-state index is 13.4. The van der Waals surface area contributed by atoms with E-state index in [1.807, 2.05) is 26.8 Å². The Hall–Kier alpha value is -2.78. The molecular formula is C27H38ClN3O5S. The zero-order valence-corrected chi connectivity index (χ0v) is 23.8. The first-order chi connectivity index (χ1) is 17.5. The van der Waals surface area contributed by atoms with Crippen molar-refractivity contribution in [2.75, 3.05) is 23.7 Å². The average molecular weight is 552 g/mol. The summed E-state index contributed by atoms with van der Waals surface area (Å²) in [6, 6.07) is 13.3. The van der Waals surface area contributed by atoms with Gasteiger partial charge in [-0.1, -0.05) is 42.8 Å². The topological polar surface area (TPSA) is 96.0 Å². The Kier molecular flexibility index (Phi) is 11.7. The molecule has 204 valence electrons. The summed E-state index contributed by atoms with van der Waals surface area (Å²) in [6.07, 6.45) is 2.22. The van der Waals surface area contributed by atoms with E-state index in [2.05, 4.69) is 5.32 Å². The number of amides is 2. The predicted molar refractivity (Wildman–Crippen MR) is 148 cm³/mol. The standard InChI is InChI=1S/C27H38ClN3O5S/c1-6-20(3)29-27(33)21(4)30(19-22-12-10-13-23(28)18-22)26(32)16-11-17-31(37(5,34)35)24-14-8-9-15-25(24)36-7-2/h8-10,12-15,18,20-21H,6-7,11,16-17,19H2,1-5H3,(H,29,33)/t20-,21-/m1/s1. The molecule has 0 aliphatic carbocycles. The highest BCUT2D eigenvalue weighted by Gasteiger charge is 2.27. The van der Waals surface area contributed by atoms with Gasteiger partial charge in [0.25, 0.3) is 0 Å². The minimum absolute atomic E-state index is 0.0215. The van der Waals surface area contributed by atoms with Crippen LogP contribution in [0.4, 0.5) is 5.69 Å². The van der Waals surface area contributed by atoms with E-state index in [0.717, 1.165) is 18.2 Å². The minimum Gasteiger partial charge on any atom is -0.492 e. The maximum Gasteiger partial charge on any atom is 0.242 e. The molecule has 2 aromatic carbocycles. The lowest BCUT2D eigenvalue weighted by Gasteiger charge is -2.30. The van der Waals surface area contributed by atoms with Crippen LogP contribution in [0.25, 0.3) is 0 Å². The smallest absolute Gasteiger partial charge is 0.242 e. The van der Waals surface area contributed by atoms with E-state index in [1.165, 1.54) is 9.21 Å². The van der Waals surface area contributed by atoms with E-state index in [0.29, 0.717) is 23.1 Å². The Morgan fingerprint density at radius 3 is 2.41 bits per heavy atom. The molecule has 2 aromatic rings. The molecule has 0 aliphatic rings. The number of ether oxygens (including phenoxy) is 1. The van der Waals surface area contributed by atoms with Crippen molar-refractivity contribution in [1.29, 1.82) is 0 Å². The molecule has 0 spiro atoms. The zero-order chi connectivity index (χ0) is 27.6. The van der Waals surface area contributed by atoms with E-state index >= 15 is 0 Å². The van der Waals surface area contributed by atoms with Crippen LogP contribution in [0.2, 0.25) is 5.02 Å². The van der Waals surface area contributed by atoms with Crippen LogP contribution >= 0.6 is 11.6 Å². The van der Waals surface area contributed by atoms with Crippen LogP contribution in [0, 0.1) is 0 Å². The number of rotatable bonds is 14. The fraction of sp³-hybridized carbons (Fsp3) is 0.481. The molecule has 0 fully saturated rings. The molecule has 2 rings (SSSR count). The van der Waals surface area contributed by atoms with E-state index in [-0.39, 0.29) is 43.8 Å². The molecule has 0 aliphatic heterocycles. The molecule has 1 N–H and O–H groups in total. The number of benzene rings is 2. The van der Waals surface area contributed by atoms with Crippen molar-refractivity contribution in [2.24, 2.45) is 0 Å². The number of nitrogens with one attached hydrogen (secondary N) is 1. The van der Waals surface area contributed by atoms with Crippen LogP contribution in [-0.2, 0) is 26.2 Å². The van der Waals surface area contributed by atoms with Crippen molar-refractivity contribution in [1.82, 2.24) is 10.2 Å². The summed E-state index contributed by atoms with van der Waals surface area (Å²) >= 11 is 6.14. The number of carbonyl (C=O) groups is 2. The molecule has 0 heterocycles. The van der Waals surface area contributed by atoms with E-state index in [1.54, 1.807) is 49.4 Å². The third-order valence-corrected chi connectivity index (χ3v) is 7.41. The normalized spacial score (nSPS) is 12.9. The second kappa shape index (κ2) is 14.2. The number of halogens is 1. The molecule has 0 radical (unpaired) electrons. The molecule has 2 atom stereocenters. The van der Waals surface area contributed by atoms with Crippen molar-refractivity contribution in [3.63, 3.8) is 0 Å². The number of para-hydroxylation sites is 2. The lowest BCUT2D eigenvalue weighted by Crippen LogP contribution is -2.49. The van der Waals surface area contributed by atoms with Crippen LogP contribution < -0.4 is 14.4 Å². The van der Waals surface area contributed by atoms with Gasteiger partial charge in [-0.3, -0.25) is 13.9 Å². The van der Waals surface area contributed by atoms with Gasteiger partial charge in [-0.25, -0.2) is 8.42 Å². The highest BCUT2D eigenvalue weighted by Crippen LogP contribution is 2.30. The summed E-state index contributed by atoms with van der Waals surface area (Å²) in [5.41, 5.74) is 1.23. The van der Waals surface area contributed by atoms with Crippen molar-refractivity contribution in [2.45, 2.75) is 65.6 Å². The SMILES string of the molecule is CCOc1ccccc1N(CCCC(=O)N(Cc1cccc(Cl)c1)[C@H](C)C(=O)N[C@H](C)CC)S(C)(=O)=O. The minimum atomic E-state index is -3.63. The van der Waals surface area contributed by atoms with Crippen LogP contribution in [-0.4, -0.2) is 56.6 Å². The molecular weight excluding hydrogens is 514 g/mol. The van der Waals surface area contributed by atoms with Gasteiger partial charge in [0.1, 0.15) is 11.8 Å². The Bertz CT molecular complexity index is 1160. The quantitative estimate of drug-likeness (QED) is 0.370. The number of anilines is 1. The summed E-state index contributed by atoms with van der Waals surface area (Å²) in [6.45, 7) is 8.09. The lowest BCUT2D eigenvalue weighted by atomic mass is 10.1. The summed E-state index contributed by atoms with van der Waals surface area (Å²) in [5, 5.41) is 3.48. The molecule has 37 heavy (non-hydrogen) atoms. The molecule has 0 unspecified atom stereocenters. The highest BCUT2D eigenvalue weighted by atomic mass is 35.5. The summed E-state index contributed by atoms with van der Waals surface area (Å²) in [5.74, 6) is -0.0360. The first kappa shape index (κ1) is 30.4. The molecule has 2 amide bonds. The molecule has 0 saturated carbocycles. The van der Waals surface area contributed by atoms with Gasteiger partial charge in [0, 0.05) is 30.6 Å². The zero-order valence-electron chi connectivity index (χ0n) is 22.2.